The Kier molecular flexibility index (Phi) is 4.13. The second kappa shape index (κ2) is 5.66. The molecule has 1 aromatic heterocycles. The van der Waals surface area contributed by atoms with Crippen molar-refractivity contribution in [3.63, 3.8) is 0 Å². The number of hydrogen-bond acceptors (Lipinski definition) is 3. The number of rotatable bonds is 3. The first-order valence-electron chi connectivity index (χ1n) is 6.22. The van der Waals surface area contributed by atoms with Crippen LogP contribution in [0.15, 0.2) is 22.7 Å². The summed E-state index contributed by atoms with van der Waals surface area (Å²) in [5.41, 5.74) is 9.90. The van der Waals surface area contributed by atoms with Crippen LogP contribution in [0.25, 0.3) is 0 Å². The highest BCUT2D eigenvalue weighted by Gasteiger charge is 2.12. The van der Waals surface area contributed by atoms with Crippen LogP contribution in [0.2, 0.25) is 0 Å². The van der Waals surface area contributed by atoms with E-state index in [1.807, 2.05) is 25.6 Å². The van der Waals surface area contributed by atoms with Gasteiger partial charge >= 0.3 is 0 Å². The Labute approximate surface area is 126 Å². The number of halogens is 1. The van der Waals surface area contributed by atoms with Gasteiger partial charge < -0.3 is 11.1 Å². The number of benzene rings is 1. The van der Waals surface area contributed by atoms with Crippen molar-refractivity contribution < 1.29 is 4.79 Å². The third kappa shape index (κ3) is 2.85. The second-order valence-electron chi connectivity index (χ2n) is 4.69. The van der Waals surface area contributed by atoms with Gasteiger partial charge in [-0.05, 0) is 48.0 Å². The van der Waals surface area contributed by atoms with Gasteiger partial charge in [0.25, 0.3) is 5.91 Å². The molecule has 106 valence electrons. The highest BCUT2D eigenvalue weighted by atomic mass is 79.9. The largest absolute Gasteiger partial charge is 0.398 e. The maximum absolute atomic E-state index is 12.1. The van der Waals surface area contributed by atoms with E-state index in [1.165, 1.54) is 0 Å². The molecule has 20 heavy (non-hydrogen) atoms. The minimum Gasteiger partial charge on any atom is -0.398 e. The molecule has 1 amide bonds. The fourth-order valence-electron chi connectivity index (χ4n) is 2.03. The van der Waals surface area contributed by atoms with Crippen LogP contribution in [0.4, 0.5) is 5.69 Å². The molecule has 0 aliphatic carbocycles. The molecular formula is C14H17BrN4O. The number of anilines is 1. The Balaban J connectivity index is 2.10. The van der Waals surface area contributed by atoms with Crippen LogP contribution in [-0.4, -0.2) is 15.7 Å². The number of nitrogens with zero attached hydrogens (tertiary/aromatic N) is 2. The normalized spacial score (nSPS) is 10.6. The standard InChI is InChI=1S/C14H17BrN4O/c1-8-11(9(2)19(3)18-8)7-17-14(20)10-4-5-12(15)13(16)6-10/h4-6H,7,16H2,1-3H3,(H,17,20). The van der Waals surface area contributed by atoms with Gasteiger partial charge in [-0.3, -0.25) is 9.48 Å². The van der Waals surface area contributed by atoms with E-state index in [9.17, 15) is 4.79 Å². The first-order chi connectivity index (χ1) is 9.40. The number of carbonyl (C=O) groups is 1. The van der Waals surface area contributed by atoms with E-state index in [0.29, 0.717) is 17.8 Å². The SMILES string of the molecule is Cc1nn(C)c(C)c1CNC(=O)c1ccc(Br)c(N)c1. The summed E-state index contributed by atoms with van der Waals surface area (Å²) < 4.78 is 2.60. The van der Waals surface area contributed by atoms with Crippen molar-refractivity contribution in [3.05, 3.63) is 45.2 Å². The average molecular weight is 337 g/mol. The highest BCUT2D eigenvalue weighted by molar-refractivity contribution is 9.10. The first kappa shape index (κ1) is 14.6. The lowest BCUT2D eigenvalue weighted by molar-refractivity contribution is 0.0951. The van der Waals surface area contributed by atoms with Crippen LogP contribution in [0, 0.1) is 13.8 Å². The number of nitrogens with one attached hydrogen (secondary N) is 1. The second-order valence-corrected chi connectivity index (χ2v) is 5.55. The Bertz CT molecular complexity index is 663. The molecule has 0 atom stereocenters. The van der Waals surface area contributed by atoms with Gasteiger partial charge in [0.2, 0.25) is 0 Å². The molecule has 1 aromatic carbocycles. The predicted molar refractivity (Wildman–Crippen MR) is 82.4 cm³/mol. The van der Waals surface area contributed by atoms with Gasteiger partial charge in [-0.1, -0.05) is 0 Å². The van der Waals surface area contributed by atoms with Crippen molar-refractivity contribution in [2.75, 3.05) is 5.73 Å². The number of hydrogen-bond donors (Lipinski definition) is 2. The lowest BCUT2D eigenvalue weighted by atomic mass is 10.1. The van der Waals surface area contributed by atoms with Gasteiger partial charge in [-0.25, -0.2) is 0 Å². The van der Waals surface area contributed by atoms with E-state index in [4.69, 9.17) is 5.73 Å². The molecule has 6 heteroatoms. The van der Waals surface area contributed by atoms with Crippen LogP contribution in [-0.2, 0) is 13.6 Å². The summed E-state index contributed by atoms with van der Waals surface area (Å²) in [5, 5.41) is 7.22. The van der Waals surface area contributed by atoms with Crippen molar-refractivity contribution in [1.82, 2.24) is 15.1 Å². The first-order valence-corrected chi connectivity index (χ1v) is 7.01. The van der Waals surface area contributed by atoms with Crippen LogP contribution >= 0.6 is 15.9 Å². The number of nitrogens with two attached hydrogens (primary N) is 1. The van der Waals surface area contributed by atoms with Gasteiger partial charge in [0.1, 0.15) is 0 Å². The molecule has 0 radical (unpaired) electrons. The summed E-state index contributed by atoms with van der Waals surface area (Å²) in [6.07, 6.45) is 0. The summed E-state index contributed by atoms with van der Waals surface area (Å²) in [4.78, 5) is 12.1. The molecule has 0 spiro atoms. The van der Waals surface area contributed by atoms with Crippen molar-refractivity contribution in [2.24, 2.45) is 7.05 Å². The lowest BCUT2D eigenvalue weighted by Crippen LogP contribution is -2.23. The van der Waals surface area contributed by atoms with Crippen molar-refractivity contribution in [3.8, 4) is 0 Å². The summed E-state index contributed by atoms with van der Waals surface area (Å²) in [7, 11) is 1.89. The Morgan fingerprint density at radius 1 is 1.45 bits per heavy atom. The number of carbonyl (C=O) groups excluding carboxylic acids is 1. The van der Waals surface area contributed by atoms with Crippen molar-refractivity contribution >= 4 is 27.5 Å². The fraction of sp³-hybridized carbons (Fsp3) is 0.286. The minimum atomic E-state index is -0.146. The monoisotopic (exact) mass is 336 g/mol. The summed E-state index contributed by atoms with van der Waals surface area (Å²) in [5.74, 6) is -0.146. The molecule has 0 unspecified atom stereocenters. The average Bonchev–Trinajstić information content (AvgIpc) is 2.64. The lowest BCUT2D eigenvalue weighted by Gasteiger charge is -2.07. The molecule has 0 fully saturated rings. The van der Waals surface area contributed by atoms with Crippen molar-refractivity contribution in [2.45, 2.75) is 20.4 Å². The third-order valence-corrected chi connectivity index (χ3v) is 4.06. The molecule has 0 saturated heterocycles. The molecule has 0 bridgehead atoms. The van der Waals surface area contributed by atoms with E-state index in [2.05, 4.69) is 26.3 Å². The predicted octanol–water partition coefficient (Wildman–Crippen LogP) is 2.31. The fourth-order valence-corrected chi connectivity index (χ4v) is 2.28. The molecule has 3 N–H and O–H groups in total. The molecule has 5 nitrogen and oxygen atoms in total. The number of amides is 1. The van der Waals surface area contributed by atoms with Crippen LogP contribution in [0.5, 0.6) is 0 Å². The molecule has 0 aliphatic heterocycles. The quantitative estimate of drug-likeness (QED) is 0.844. The Morgan fingerprint density at radius 2 is 2.15 bits per heavy atom. The summed E-state index contributed by atoms with van der Waals surface area (Å²) in [6.45, 7) is 4.38. The van der Waals surface area contributed by atoms with Crippen molar-refractivity contribution in [1.29, 1.82) is 0 Å². The van der Waals surface area contributed by atoms with Crippen LogP contribution < -0.4 is 11.1 Å². The Hall–Kier alpha value is -1.82. The summed E-state index contributed by atoms with van der Waals surface area (Å²) in [6, 6.07) is 5.16. The van der Waals surface area contributed by atoms with Crippen LogP contribution in [0.1, 0.15) is 27.3 Å². The van der Waals surface area contributed by atoms with E-state index in [-0.39, 0.29) is 5.91 Å². The number of aryl methyl sites for hydroxylation is 2. The molecule has 0 saturated carbocycles. The number of nitrogen functional groups attached to an aromatic ring is 1. The summed E-state index contributed by atoms with van der Waals surface area (Å²) >= 11 is 3.31. The Morgan fingerprint density at radius 3 is 2.70 bits per heavy atom. The van der Waals surface area contributed by atoms with Gasteiger partial charge in [0.05, 0.1) is 5.69 Å². The molecule has 2 aromatic rings. The maximum atomic E-state index is 12.1. The smallest absolute Gasteiger partial charge is 0.251 e. The zero-order valence-electron chi connectivity index (χ0n) is 11.7. The third-order valence-electron chi connectivity index (χ3n) is 3.34. The van der Waals surface area contributed by atoms with Crippen LogP contribution in [0.3, 0.4) is 0 Å². The highest BCUT2D eigenvalue weighted by Crippen LogP contribution is 2.20. The maximum Gasteiger partial charge on any atom is 0.251 e. The zero-order valence-corrected chi connectivity index (χ0v) is 13.3. The van der Waals surface area contributed by atoms with E-state index in [0.717, 1.165) is 21.4 Å². The van der Waals surface area contributed by atoms with E-state index < -0.39 is 0 Å². The minimum absolute atomic E-state index is 0.146. The van der Waals surface area contributed by atoms with Gasteiger partial charge in [0, 0.05) is 40.6 Å². The topological polar surface area (TPSA) is 72.9 Å². The van der Waals surface area contributed by atoms with E-state index >= 15 is 0 Å². The molecule has 2 rings (SSSR count). The molecule has 1 heterocycles. The number of aromatic nitrogens is 2. The van der Waals surface area contributed by atoms with Gasteiger partial charge in [-0.15, -0.1) is 0 Å². The zero-order chi connectivity index (χ0) is 14.9. The van der Waals surface area contributed by atoms with E-state index in [1.54, 1.807) is 18.2 Å². The van der Waals surface area contributed by atoms with Gasteiger partial charge in [0.15, 0.2) is 0 Å². The molecule has 0 aliphatic rings. The molecular weight excluding hydrogens is 320 g/mol. The van der Waals surface area contributed by atoms with Gasteiger partial charge in [-0.2, -0.15) is 5.10 Å².